The van der Waals surface area contributed by atoms with Gasteiger partial charge in [-0.25, -0.2) is 4.79 Å². The molecule has 2 rings (SSSR count). The SMILES string of the molecule is CC1CCC(NC(=O)N2CCC(C)(C(=O)O)CC2)C1C. The first kappa shape index (κ1) is 15.1. The van der Waals surface area contributed by atoms with Gasteiger partial charge in [-0.1, -0.05) is 13.8 Å². The Morgan fingerprint density at radius 1 is 1.20 bits per heavy atom. The zero-order valence-corrected chi connectivity index (χ0v) is 12.7. The molecule has 5 nitrogen and oxygen atoms in total. The van der Waals surface area contributed by atoms with E-state index in [-0.39, 0.29) is 12.1 Å². The minimum atomic E-state index is -0.754. The van der Waals surface area contributed by atoms with Crippen molar-refractivity contribution in [2.45, 2.75) is 52.5 Å². The third kappa shape index (κ3) is 2.91. The predicted molar refractivity (Wildman–Crippen MR) is 76.4 cm³/mol. The standard InChI is InChI=1S/C15H26N2O3/c1-10-4-5-12(11(10)2)16-14(20)17-8-6-15(3,7-9-17)13(18)19/h10-12H,4-9H2,1-3H3,(H,16,20)(H,18,19). The lowest BCUT2D eigenvalue weighted by Gasteiger charge is -2.37. The van der Waals surface area contributed by atoms with Crippen molar-refractivity contribution in [3.8, 4) is 0 Å². The lowest BCUT2D eigenvalue weighted by Crippen LogP contribution is -2.51. The Morgan fingerprint density at radius 3 is 2.25 bits per heavy atom. The number of carboxylic acids is 1. The Kier molecular flexibility index (Phi) is 4.25. The molecule has 0 spiro atoms. The van der Waals surface area contributed by atoms with Gasteiger partial charge in [0, 0.05) is 19.1 Å². The van der Waals surface area contributed by atoms with Gasteiger partial charge in [0.2, 0.25) is 0 Å². The first-order valence-corrected chi connectivity index (χ1v) is 7.62. The van der Waals surface area contributed by atoms with Crippen molar-refractivity contribution >= 4 is 12.0 Å². The number of piperidine rings is 1. The third-order valence-corrected chi connectivity index (χ3v) is 5.44. The van der Waals surface area contributed by atoms with Gasteiger partial charge in [0.15, 0.2) is 0 Å². The van der Waals surface area contributed by atoms with Crippen LogP contribution in [-0.2, 0) is 4.79 Å². The van der Waals surface area contributed by atoms with Crippen LogP contribution in [0.3, 0.4) is 0 Å². The molecule has 1 aliphatic heterocycles. The number of hydrogen-bond acceptors (Lipinski definition) is 2. The number of aliphatic carboxylic acids is 1. The summed E-state index contributed by atoms with van der Waals surface area (Å²) < 4.78 is 0. The summed E-state index contributed by atoms with van der Waals surface area (Å²) in [6.07, 6.45) is 3.29. The molecule has 1 heterocycles. The number of carbonyl (C=O) groups excluding carboxylic acids is 1. The van der Waals surface area contributed by atoms with Crippen molar-refractivity contribution < 1.29 is 14.7 Å². The van der Waals surface area contributed by atoms with Crippen LogP contribution in [0.15, 0.2) is 0 Å². The first-order valence-electron chi connectivity index (χ1n) is 7.62. The molecule has 1 aliphatic carbocycles. The molecule has 0 aromatic heterocycles. The molecule has 3 atom stereocenters. The summed E-state index contributed by atoms with van der Waals surface area (Å²) in [5, 5.41) is 12.3. The third-order valence-electron chi connectivity index (χ3n) is 5.44. The van der Waals surface area contributed by atoms with Crippen LogP contribution in [0.2, 0.25) is 0 Å². The summed E-state index contributed by atoms with van der Waals surface area (Å²) in [5.41, 5.74) is -0.675. The van der Waals surface area contributed by atoms with Gasteiger partial charge in [0.25, 0.3) is 0 Å². The van der Waals surface area contributed by atoms with E-state index in [1.54, 1.807) is 11.8 Å². The highest BCUT2D eigenvalue weighted by molar-refractivity contribution is 5.77. The molecule has 2 aliphatic rings. The van der Waals surface area contributed by atoms with E-state index >= 15 is 0 Å². The average Bonchev–Trinajstić information content (AvgIpc) is 2.71. The number of nitrogens with one attached hydrogen (secondary N) is 1. The van der Waals surface area contributed by atoms with E-state index in [0.717, 1.165) is 6.42 Å². The number of carbonyl (C=O) groups is 2. The molecule has 1 saturated carbocycles. The normalized spacial score (nSPS) is 33.0. The van der Waals surface area contributed by atoms with E-state index in [1.807, 2.05) is 0 Å². The Balaban J connectivity index is 1.85. The summed E-state index contributed by atoms with van der Waals surface area (Å²) in [6, 6.07) is 0.244. The van der Waals surface area contributed by atoms with E-state index in [9.17, 15) is 14.7 Å². The highest BCUT2D eigenvalue weighted by atomic mass is 16.4. The highest BCUT2D eigenvalue weighted by Gasteiger charge is 2.39. The van der Waals surface area contributed by atoms with Gasteiger partial charge >= 0.3 is 12.0 Å². The molecule has 2 amide bonds. The van der Waals surface area contributed by atoms with Gasteiger partial charge < -0.3 is 15.3 Å². The van der Waals surface area contributed by atoms with Gasteiger partial charge in [-0.15, -0.1) is 0 Å². The lowest BCUT2D eigenvalue weighted by atomic mass is 9.80. The summed E-state index contributed by atoms with van der Waals surface area (Å²) >= 11 is 0. The molecule has 0 radical (unpaired) electrons. The van der Waals surface area contributed by atoms with E-state index in [4.69, 9.17) is 0 Å². The maximum absolute atomic E-state index is 12.3. The molecule has 0 bridgehead atoms. The van der Waals surface area contributed by atoms with E-state index < -0.39 is 11.4 Å². The lowest BCUT2D eigenvalue weighted by molar-refractivity contribution is -0.150. The second-order valence-electron chi connectivity index (χ2n) is 6.82. The molecule has 1 saturated heterocycles. The molecule has 20 heavy (non-hydrogen) atoms. The van der Waals surface area contributed by atoms with Crippen molar-refractivity contribution in [2.24, 2.45) is 17.3 Å². The van der Waals surface area contributed by atoms with Gasteiger partial charge in [-0.2, -0.15) is 0 Å². The second-order valence-corrected chi connectivity index (χ2v) is 6.82. The van der Waals surface area contributed by atoms with Gasteiger partial charge in [-0.3, -0.25) is 4.79 Å². The second kappa shape index (κ2) is 5.62. The number of amides is 2. The zero-order valence-electron chi connectivity index (χ0n) is 12.7. The molecular formula is C15H26N2O3. The largest absolute Gasteiger partial charge is 0.481 e. The smallest absolute Gasteiger partial charge is 0.317 e. The number of likely N-dealkylation sites (tertiary alicyclic amines) is 1. The summed E-state index contributed by atoms with van der Waals surface area (Å²) in [4.78, 5) is 25.2. The Morgan fingerprint density at radius 2 is 1.80 bits per heavy atom. The first-order chi connectivity index (χ1) is 9.33. The predicted octanol–water partition coefficient (Wildman–Crippen LogP) is 2.32. The average molecular weight is 282 g/mol. The summed E-state index contributed by atoms with van der Waals surface area (Å²) in [6.45, 7) is 7.26. The molecular weight excluding hydrogens is 256 g/mol. The minimum absolute atomic E-state index is 0.0246. The monoisotopic (exact) mass is 282 g/mol. The van der Waals surface area contributed by atoms with E-state index in [0.29, 0.717) is 37.8 Å². The van der Waals surface area contributed by atoms with Crippen LogP contribution in [0.1, 0.15) is 46.5 Å². The molecule has 0 aromatic carbocycles. The fraction of sp³-hybridized carbons (Fsp3) is 0.867. The molecule has 0 aromatic rings. The number of rotatable bonds is 2. The number of urea groups is 1. The zero-order chi connectivity index (χ0) is 14.9. The van der Waals surface area contributed by atoms with Gasteiger partial charge in [0.1, 0.15) is 0 Å². The highest BCUT2D eigenvalue weighted by Crippen LogP contribution is 2.33. The van der Waals surface area contributed by atoms with Crippen LogP contribution in [-0.4, -0.2) is 41.1 Å². The summed E-state index contributed by atoms with van der Waals surface area (Å²) in [5.74, 6) is 0.431. The van der Waals surface area contributed by atoms with Crippen molar-refractivity contribution in [2.75, 3.05) is 13.1 Å². The van der Waals surface area contributed by atoms with Crippen molar-refractivity contribution in [3.05, 3.63) is 0 Å². The number of nitrogens with zero attached hydrogens (tertiary/aromatic N) is 1. The summed E-state index contributed by atoms with van der Waals surface area (Å²) in [7, 11) is 0. The maximum Gasteiger partial charge on any atom is 0.317 e. The topological polar surface area (TPSA) is 69.6 Å². The van der Waals surface area contributed by atoms with Crippen LogP contribution in [0.5, 0.6) is 0 Å². The molecule has 2 N–H and O–H groups in total. The van der Waals surface area contributed by atoms with Crippen molar-refractivity contribution in [3.63, 3.8) is 0 Å². The number of carboxylic acid groups (broad SMARTS) is 1. The Labute approximate surface area is 120 Å². The maximum atomic E-state index is 12.3. The fourth-order valence-electron chi connectivity index (χ4n) is 3.24. The van der Waals surface area contributed by atoms with Gasteiger partial charge in [0.05, 0.1) is 5.41 Å². The molecule has 5 heteroatoms. The van der Waals surface area contributed by atoms with Crippen molar-refractivity contribution in [1.82, 2.24) is 10.2 Å². The van der Waals surface area contributed by atoms with Gasteiger partial charge in [-0.05, 0) is 44.4 Å². The van der Waals surface area contributed by atoms with Crippen LogP contribution in [0.4, 0.5) is 4.79 Å². The Bertz CT molecular complexity index is 389. The van der Waals surface area contributed by atoms with Crippen LogP contribution >= 0.6 is 0 Å². The molecule has 2 fully saturated rings. The fourth-order valence-corrected chi connectivity index (χ4v) is 3.24. The van der Waals surface area contributed by atoms with E-state index in [1.165, 1.54) is 6.42 Å². The van der Waals surface area contributed by atoms with E-state index in [2.05, 4.69) is 19.2 Å². The van der Waals surface area contributed by atoms with Crippen LogP contribution < -0.4 is 5.32 Å². The van der Waals surface area contributed by atoms with Crippen LogP contribution in [0.25, 0.3) is 0 Å². The van der Waals surface area contributed by atoms with Crippen LogP contribution in [0, 0.1) is 17.3 Å². The van der Waals surface area contributed by atoms with Crippen molar-refractivity contribution in [1.29, 1.82) is 0 Å². The minimum Gasteiger partial charge on any atom is -0.481 e. The molecule has 114 valence electrons. The molecule has 3 unspecified atom stereocenters. The quantitative estimate of drug-likeness (QED) is 0.816. The number of hydrogen-bond donors (Lipinski definition) is 2. The Hall–Kier alpha value is -1.26.